The Bertz CT molecular complexity index is 264. The van der Waals surface area contributed by atoms with Crippen molar-refractivity contribution in [3.8, 4) is 0 Å². The third-order valence-electron chi connectivity index (χ3n) is 2.50. The van der Waals surface area contributed by atoms with Crippen LogP contribution in [0.2, 0.25) is 0 Å². The van der Waals surface area contributed by atoms with Crippen LogP contribution in [0.3, 0.4) is 0 Å². The Kier molecular flexibility index (Phi) is 7.47. The van der Waals surface area contributed by atoms with E-state index in [9.17, 15) is 0 Å². The maximum absolute atomic E-state index is 5.48. The fraction of sp³-hybridized carbons (Fsp3) is 0.538. The molecule has 3 heteroatoms. The van der Waals surface area contributed by atoms with Gasteiger partial charge in [0.25, 0.3) is 0 Å². The molecule has 0 radical (unpaired) electrons. The van der Waals surface area contributed by atoms with Crippen LogP contribution in [0.25, 0.3) is 0 Å². The van der Waals surface area contributed by atoms with Gasteiger partial charge in [-0.3, -0.25) is 0 Å². The van der Waals surface area contributed by atoms with Gasteiger partial charge >= 0.3 is 0 Å². The van der Waals surface area contributed by atoms with Gasteiger partial charge in [-0.2, -0.15) is 0 Å². The SMILES string of the molecule is COCCOCCC(CBr)c1ccccc1. The van der Waals surface area contributed by atoms with Gasteiger partial charge in [0.15, 0.2) is 0 Å². The van der Waals surface area contributed by atoms with E-state index in [1.54, 1.807) is 7.11 Å². The van der Waals surface area contributed by atoms with Crippen molar-refractivity contribution in [3.05, 3.63) is 35.9 Å². The van der Waals surface area contributed by atoms with E-state index in [1.165, 1.54) is 5.56 Å². The molecule has 0 fully saturated rings. The smallest absolute Gasteiger partial charge is 0.0700 e. The lowest BCUT2D eigenvalue weighted by Gasteiger charge is -2.14. The Balaban J connectivity index is 2.27. The minimum Gasteiger partial charge on any atom is -0.382 e. The topological polar surface area (TPSA) is 18.5 Å². The van der Waals surface area contributed by atoms with Crippen LogP contribution >= 0.6 is 15.9 Å². The summed E-state index contributed by atoms with van der Waals surface area (Å²) < 4.78 is 10.4. The standard InChI is InChI=1S/C13H19BrO2/c1-15-9-10-16-8-7-13(11-14)12-5-3-2-4-6-12/h2-6,13H,7-11H2,1H3. The normalized spacial score (nSPS) is 12.6. The lowest BCUT2D eigenvalue weighted by Crippen LogP contribution is -2.08. The molecule has 0 saturated heterocycles. The molecule has 1 rings (SSSR count). The van der Waals surface area contributed by atoms with E-state index in [0.717, 1.165) is 18.4 Å². The highest BCUT2D eigenvalue weighted by molar-refractivity contribution is 9.09. The van der Waals surface area contributed by atoms with Crippen LogP contribution in [0, 0.1) is 0 Å². The number of halogens is 1. The molecular formula is C13H19BrO2. The Morgan fingerprint density at radius 2 is 1.88 bits per heavy atom. The van der Waals surface area contributed by atoms with Gasteiger partial charge in [0.1, 0.15) is 0 Å². The van der Waals surface area contributed by atoms with Crippen molar-refractivity contribution in [1.82, 2.24) is 0 Å². The summed E-state index contributed by atoms with van der Waals surface area (Å²) >= 11 is 3.56. The Morgan fingerprint density at radius 1 is 1.12 bits per heavy atom. The first-order valence-electron chi connectivity index (χ1n) is 5.56. The van der Waals surface area contributed by atoms with E-state index < -0.39 is 0 Å². The third kappa shape index (κ3) is 5.10. The highest BCUT2D eigenvalue weighted by Crippen LogP contribution is 2.21. The van der Waals surface area contributed by atoms with Crippen LogP contribution in [0.4, 0.5) is 0 Å². The van der Waals surface area contributed by atoms with Gasteiger partial charge in [0.05, 0.1) is 13.2 Å². The fourth-order valence-electron chi connectivity index (χ4n) is 1.53. The molecule has 0 saturated carbocycles. The summed E-state index contributed by atoms with van der Waals surface area (Å²) in [6.45, 7) is 2.14. The van der Waals surface area contributed by atoms with Crippen LogP contribution in [-0.4, -0.2) is 32.3 Å². The van der Waals surface area contributed by atoms with Crippen molar-refractivity contribution >= 4 is 15.9 Å². The van der Waals surface area contributed by atoms with Crippen LogP contribution in [0.1, 0.15) is 17.9 Å². The average Bonchev–Trinajstić information content (AvgIpc) is 2.35. The predicted molar refractivity (Wildman–Crippen MR) is 70.3 cm³/mol. The second kappa shape index (κ2) is 8.74. The highest BCUT2D eigenvalue weighted by atomic mass is 79.9. The molecule has 2 nitrogen and oxygen atoms in total. The van der Waals surface area contributed by atoms with Crippen molar-refractivity contribution in [1.29, 1.82) is 0 Å². The molecule has 90 valence electrons. The second-order valence-electron chi connectivity index (χ2n) is 3.66. The number of alkyl halides is 1. The molecule has 1 aromatic carbocycles. The number of benzene rings is 1. The molecule has 0 heterocycles. The molecule has 1 aromatic rings. The van der Waals surface area contributed by atoms with Gasteiger partial charge in [-0.15, -0.1) is 0 Å². The Morgan fingerprint density at radius 3 is 2.50 bits per heavy atom. The second-order valence-corrected chi connectivity index (χ2v) is 4.30. The molecule has 1 unspecified atom stereocenters. The summed E-state index contributed by atoms with van der Waals surface area (Å²) in [5.74, 6) is 0.531. The lowest BCUT2D eigenvalue weighted by molar-refractivity contribution is 0.0677. The molecule has 0 amide bonds. The van der Waals surface area contributed by atoms with E-state index in [0.29, 0.717) is 19.1 Å². The van der Waals surface area contributed by atoms with Gasteiger partial charge < -0.3 is 9.47 Å². The predicted octanol–water partition coefficient (Wildman–Crippen LogP) is 3.22. The monoisotopic (exact) mass is 286 g/mol. The van der Waals surface area contributed by atoms with Crippen molar-refractivity contribution in [2.45, 2.75) is 12.3 Å². The first-order chi connectivity index (χ1) is 7.88. The van der Waals surface area contributed by atoms with E-state index in [4.69, 9.17) is 9.47 Å². The van der Waals surface area contributed by atoms with Gasteiger partial charge in [0, 0.05) is 19.0 Å². The van der Waals surface area contributed by atoms with Crippen LogP contribution in [0.5, 0.6) is 0 Å². The lowest BCUT2D eigenvalue weighted by atomic mass is 9.98. The Hall–Kier alpha value is -0.380. The van der Waals surface area contributed by atoms with E-state index in [2.05, 4.69) is 40.2 Å². The summed E-state index contributed by atoms with van der Waals surface area (Å²) in [5, 5.41) is 0.977. The maximum atomic E-state index is 5.48. The average molecular weight is 287 g/mol. The van der Waals surface area contributed by atoms with Gasteiger partial charge in [-0.1, -0.05) is 46.3 Å². The number of hydrogen-bond acceptors (Lipinski definition) is 2. The minimum absolute atomic E-state index is 0.531. The number of hydrogen-bond donors (Lipinski definition) is 0. The van der Waals surface area contributed by atoms with Crippen molar-refractivity contribution in [2.24, 2.45) is 0 Å². The number of methoxy groups -OCH3 is 1. The van der Waals surface area contributed by atoms with Crippen LogP contribution in [-0.2, 0) is 9.47 Å². The zero-order valence-corrected chi connectivity index (χ0v) is 11.3. The number of ether oxygens (including phenoxy) is 2. The maximum Gasteiger partial charge on any atom is 0.0700 e. The first-order valence-corrected chi connectivity index (χ1v) is 6.68. The van der Waals surface area contributed by atoms with E-state index >= 15 is 0 Å². The molecule has 0 spiro atoms. The highest BCUT2D eigenvalue weighted by Gasteiger charge is 2.08. The molecule has 0 N–H and O–H groups in total. The van der Waals surface area contributed by atoms with Gasteiger partial charge in [0.2, 0.25) is 0 Å². The van der Waals surface area contributed by atoms with Crippen LogP contribution in [0.15, 0.2) is 30.3 Å². The van der Waals surface area contributed by atoms with Crippen molar-refractivity contribution < 1.29 is 9.47 Å². The molecular weight excluding hydrogens is 268 g/mol. The molecule has 16 heavy (non-hydrogen) atoms. The fourth-order valence-corrected chi connectivity index (χ4v) is 2.23. The largest absolute Gasteiger partial charge is 0.382 e. The summed E-state index contributed by atoms with van der Waals surface area (Å²) in [6, 6.07) is 10.5. The van der Waals surface area contributed by atoms with Gasteiger partial charge in [-0.05, 0) is 17.9 Å². The molecule has 0 aromatic heterocycles. The van der Waals surface area contributed by atoms with Crippen LogP contribution < -0.4 is 0 Å². The zero-order valence-electron chi connectivity index (χ0n) is 9.69. The zero-order chi connectivity index (χ0) is 11.6. The van der Waals surface area contributed by atoms with E-state index in [-0.39, 0.29) is 0 Å². The summed E-state index contributed by atoms with van der Waals surface area (Å²) in [4.78, 5) is 0. The minimum atomic E-state index is 0.531. The van der Waals surface area contributed by atoms with E-state index in [1.807, 2.05) is 6.07 Å². The molecule has 0 bridgehead atoms. The number of rotatable bonds is 8. The molecule has 0 aliphatic carbocycles. The van der Waals surface area contributed by atoms with Crippen molar-refractivity contribution in [2.75, 3.05) is 32.3 Å². The quantitative estimate of drug-likeness (QED) is 0.540. The van der Waals surface area contributed by atoms with Crippen molar-refractivity contribution in [3.63, 3.8) is 0 Å². The summed E-state index contributed by atoms with van der Waals surface area (Å²) in [5.41, 5.74) is 1.37. The Labute approximate surface area is 106 Å². The third-order valence-corrected chi connectivity index (χ3v) is 3.28. The summed E-state index contributed by atoms with van der Waals surface area (Å²) in [6.07, 6.45) is 1.04. The summed E-state index contributed by atoms with van der Waals surface area (Å²) in [7, 11) is 1.69. The molecule has 0 aliphatic heterocycles. The van der Waals surface area contributed by atoms with Gasteiger partial charge in [-0.25, -0.2) is 0 Å². The molecule has 0 aliphatic rings. The molecule has 1 atom stereocenters. The first kappa shape index (κ1) is 13.7.